The summed E-state index contributed by atoms with van der Waals surface area (Å²) in [7, 11) is 3.87. The Balaban J connectivity index is 2.21. The highest BCUT2D eigenvalue weighted by Crippen LogP contribution is 2.07. The quantitative estimate of drug-likeness (QED) is 0.718. The van der Waals surface area contributed by atoms with Gasteiger partial charge in [0, 0.05) is 33.4 Å². The van der Waals surface area contributed by atoms with Crippen molar-refractivity contribution in [1.82, 2.24) is 9.97 Å². The number of anilines is 2. The lowest BCUT2D eigenvalue weighted by Gasteiger charge is -2.12. The van der Waals surface area contributed by atoms with E-state index in [2.05, 4.69) is 29.1 Å². The Bertz CT molecular complexity index is 342. The second-order valence-electron chi connectivity index (χ2n) is 4.69. The number of hydrogen-bond donors (Lipinski definition) is 1. The summed E-state index contributed by atoms with van der Waals surface area (Å²) >= 11 is 0. The second kappa shape index (κ2) is 7.87. The van der Waals surface area contributed by atoms with Crippen LogP contribution in [-0.2, 0) is 4.74 Å². The van der Waals surface area contributed by atoms with Gasteiger partial charge in [-0.25, -0.2) is 4.98 Å². The van der Waals surface area contributed by atoms with E-state index in [1.807, 2.05) is 25.1 Å². The zero-order valence-corrected chi connectivity index (χ0v) is 11.8. The largest absolute Gasteiger partial charge is 0.379 e. The van der Waals surface area contributed by atoms with Crippen molar-refractivity contribution in [2.24, 2.45) is 0 Å². The molecule has 0 fully saturated rings. The molecule has 1 aromatic heterocycles. The van der Waals surface area contributed by atoms with Crippen LogP contribution in [0.25, 0.3) is 0 Å². The lowest BCUT2D eigenvalue weighted by molar-refractivity contribution is 0.0765. The first kappa shape index (κ1) is 14.7. The normalized spacial score (nSPS) is 10.7. The van der Waals surface area contributed by atoms with Gasteiger partial charge in [-0.15, -0.1) is 0 Å². The summed E-state index contributed by atoms with van der Waals surface area (Å²) in [5.41, 5.74) is 0. The van der Waals surface area contributed by atoms with Crippen molar-refractivity contribution in [3.05, 3.63) is 12.3 Å². The van der Waals surface area contributed by atoms with Gasteiger partial charge in [0.1, 0.15) is 5.82 Å². The minimum atomic E-state index is 0.322. The topological polar surface area (TPSA) is 50.3 Å². The summed E-state index contributed by atoms with van der Waals surface area (Å²) in [4.78, 5) is 10.5. The number of aromatic nitrogens is 2. The Kier molecular flexibility index (Phi) is 6.43. The Morgan fingerprint density at radius 1 is 1.33 bits per heavy atom. The summed E-state index contributed by atoms with van der Waals surface area (Å²) < 4.78 is 5.48. The van der Waals surface area contributed by atoms with Crippen LogP contribution in [0.15, 0.2) is 12.3 Å². The summed E-state index contributed by atoms with van der Waals surface area (Å²) in [5.74, 6) is 1.60. The van der Waals surface area contributed by atoms with Gasteiger partial charge in [-0.3, -0.25) is 0 Å². The van der Waals surface area contributed by atoms with Gasteiger partial charge in [-0.1, -0.05) is 0 Å². The third-order valence-corrected chi connectivity index (χ3v) is 2.37. The van der Waals surface area contributed by atoms with E-state index in [1.54, 1.807) is 6.20 Å². The molecule has 0 unspecified atom stereocenters. The molecule has 0 bridgehead atoms. The van der Waals surface area contributed by atoms with Gasteiger partial charge >= 0.3 is 0 Å². The van der Waals surface area contributed by atoms with Crippen molar-refractivity contribution in [3.63, 3.8) is 0 Å². The fourth-order valence-electron chi connectivity index (χ4n) is 1.42. The molecule has 0 amide bonds. The van der Waals surface area contributed by atoms with Crippen molar-refractivity contribution in [2.75, 3.05) is 37.5 Å². The molecule has 0 aliphatic rings. The molecular formula is C13H24N4O. The van der Waals surface area contributed by atoms with E-state index in [0.29, 0.717) is 6.10 Å². The predicted octanol–water partition coefficient (Wildman–Crippen LogP) is 2.16. The van der Waals surface area contributed by atoms with E-state index in [-0.39, 0.29) is 0 Å². The summed E-state index contributed by atoms with van der Waals surface area (Å²) in [6.45, 7) is 5.85. The maximum atomic E-state index is 5.48. The van der Waals surface area contributed by atoms with Crippen LogP contribution in [-0.4, -0.2) is 43.3 Å². The van der Waals surface area contributed by atoms with E-state index < -0.39 is 0 Å². The molecule has 0 saturated heterocycles. The second-order valence-corrected chi connectivity index (χ2v) is 4.69. The number of rotatable bonds is 8. The van der Waals surface area contributed by atoms with Crippen LogP contribution in [0.3, 0.4) is 0 Å². The summed E-state index contributed by atoms with van der Waals surface area (Å²) in [6.07, 6.45) is 4.24. The van der Waals surface area contributed by atoms with E-state index in [1.165, 1.54) is 0 Å². The van der Waals surface area contributed by atoms with E-state index in [4.69, 9.17) is 4.74 Å². The standard InChI is InChI=1S/C13H24N4O/c1-11(2)18-10-6-5-8-14-12-7-9-15-13(16-12)17(3)4/h7,9,11H,5-6,8,10H2,1-4H3,(H,14,15,16). The zero-order valence-electron chi connectivity index (χ0n) is 11.8. The van der Waals surface area contributed by atoms with Gasteiger partial charge < -0.3 is 15.0 Å². The average Bonchev–Trinajstić information content (AvgIpc) is 2.33. The average molecular weight is 252 g/mol. The van der Waals surface area contributed by atoms with Crippen LogP contribution in [0.5, 0.6) is 0 Å². The minimum Gasteiger partial charge on any atom is -0.379 e. The molecule has 1 aromatic rings. The monoisotopic (exact) mass is 252 g/mol. The smallest absolute Gasteiger partial charge is 0.226 e. The number of ether oxygens (including phenoxy) is 1. The number of nitrogens with zero attached hydrogens (tertiary/aromatic N) is 3. The van der Waals surface area contributed by atoms with Crippen molar-refractivity contribution in [3.8, 4) is 0 Å². The van der Waals surface area contributed by atoms with Gasteiger partial charge in [0.15, 0.2) is 0 Å². The highest BCUT2D eigenvalue weighted by molar-refractivity contribution is 5.40. The number of nitrogens with one attached hydrogen (secondary N) is 1. The molecule has 0 atom stereocenters. The molecule has 1 rings (SSSR count). The van der Waals surface area contributed by atoms with Crippen LogP contribution in [0, 0.1) is 0 Å². The molecule has 0 aliphatic heterocycles. The molecule has 1 heterocycles. The summed E-state index contributed by atoms with van der Waals surface area (Å²) in [6, 6.07) is 1.89. The van der Waals surface area contributed by atoms with Crippen LogP contribution in [0.2, 0.25) is 0 Å². The van der Waals surface area contributed by atoms with Crippen LogP contribution in [0.4, 0.5) is 11.8 Å². The van der Waals surface area contributed by atoms with Crippen LogP contribution < -0.4 is 10.2 Å². The van der Waals surface area contributed by atoms with Crippen molar-refractivity contribution < 1.29 is 4.74 Å². The molecule has 0 radical (unpaired) electrons. The molecule has 0 spiro atoms. The maximum absolute atomic E-state index is 5.48. The minimum absolute atomic E-state index is 0.322. The Morgan fingerprint density at radius 3 is 2.78 bits per heavy atom. The molecule has 5 heteroatoms. The molecule has 0 aliphatic carbocycles. The first-order chi connectivity index (χ1) is 8.59. The van der Waals surface area contributed by atoms with E-state index in [9.17, 15) is 0 Å². The van der Waals surface area contributed by atoms with Gasteiger partial charge in [-0.05, 0) is 32.8 Å². The van der Waals surface area contributed by atoms with Crippen molar-refractivity contribution >= 4 is 11.8 Å². The van der Waals surface area contributed by atoms with Gasteiger partial charge in [0.25, 0.3) is 0 Å². The first-order valence-electron chi connectivity index (χ1n) is 6.45. The zero-order chi connectivity index (χ0) is 13.4. The highest BCUT2D eigenvalue weighted by atomic mass is 16.5. The Hall–Kier alpha value is -1.36. The molecule has 1 N–H and O–H groups in total. The van der Waals surface area contributed by atoms with Gasteiger partial charge in [0.2, 0.25) is 5.95 Å². The SMILES string of the molecule is CC(C)OCCCCNc1ccnc(N(C)C)n1. The Labute approximate surface area is 110 Å². The number of hydrogen-bond acceptors (Lipinski definition) is 5. The fourth-order valence-corrected chi connectivity index (χ4v) is 1.42. The molecule has 102 valence electrons. The van der Waals surface area contributed by atoms with Gasteiger partial charge in [-0.2, -0.15) is 4.98 Å². The fraction of sp³-hybridized carbons (Fsp3) is 0.692. The van der Waals surface area contributed by atoms with Crippen molar-refractivity contribution in [2.45, 2.75) is 32.8 Å². The molecule has 18 heavy (non-hydrogen) atoms. The highest BCUT2D eigenvalue weighted by Gasteiger charge is 2.00. The third kappa shape index (κ3) is 5.82. The molecule has 5 nitrogen and oxygen atoms in total. The lowest BCUT2D eigenvalue weighted by Crippen LogP contribution is -2.14. The third-order valence-electron chi connectivity index (χ3n) is 2.37. The van der Waals surface area contributed by atoms with E-state index in [0.717, 1.165) is 37.8 Å². The summed E-state index contributed by atoms with van der Waals surface area (Å²) in [5, 5.41) is 3.29. The first-order valence-corrected chi connectivity index (χ1v) is 6.45. The van der Waals surface area contributed by atoms with Crippen LogP contribution in [0.1, 0.15) is 26.7 Å². The molecular weight excluding hydrogens is 228 g/mol. The van der Waals surface area contributed by atoms with Crippen LogP contribution >= 0.6 is 0 Å². The van der Waals surface area contributed by atoms with E-state index >= 15 is 0 Å². The number of unbranched alkanes of at least 4 members (excludes halogenated alkanes) is 1. The maximum Gasteiger partial charge on any atom is 0.226 e. The Morgan fingerprint density at radius 2 is 2.11 bits per heavy atom. The van der Waals surface area contributed by atoms with Crippen molar-refractivity contribution in [1.29, 1.82) is 0 Å². The molecule has 0 saturated carbocycles. The molecule has 0 aromatic carbocycles. The lowest BCUT2D eigenvalue weighted by atomic mass is 10.3. The van der Waals surface area contributed by atoms with Gasteiger partial charge in [0.05, 0.1) is 6.10 Å². The predicted molar refractivity (Wildman–Crippen MR) is 75.2 cm³/mol.